The molecule has 94 valence electrons. The van der Waals surface area contributed by atoms with E-state index in [0.717, 1.165) is 5.56 Å². The van der Waals surface area contributed by atoms with E-state index >= 15 is 0 Å². The summed E-state index contributed by atoms with van der Waals surface area (Å²) in [6.45, 7) is 3.70. The molecule has 1 fully saturated rings. The zero-order valence-corrected chi connectivity index (χ0v) is 10.4. The van der Waals surface area contributed by atoms with E-state index in [1.165, 1.54) is 0 Å². The minimum absolute atomic E-state index is 0.0484. The first kappa shape index (κ1) is 11.3. The van der Waals surface area contributed by atoms with Gasteiger partial charge in [-0.2, -0.15) is 0 Å². The number of furan rings is 1. The van der Waals surface area contributed by atoms with Crippen LogP contribution in [0, 0.1) is 5.41 Å². The van der Waals surface area contributed by atoms with Crippen molar-refractivity contribution in [3.8, 4) is 0 Å². The van der Waals surface area contributed by atoms with Gasteiger partial charge in [0.15, 0.2) is 5.78 Å². The van der Waals surface area contributed by atoms with Gasteiger partial charge in [-0.25, -0.2) is 4.79 Å². The maximum atomic E-state index is 12.0. The number of hydrogen-bond acceptors (Lipinski definition) is 4. The molecule has 0 spiro atoms. The molecule has 1 aromatic heterocycles. The van der Waals surface area contributed by atoms with Crippen molar-refractivity contribution >= 4 is 11.8 Å². The molecule has 1 aromatic rings. The Balaban J connectivity index is 2.14. The normalized spacial score (nSPS) is 31.6. The van der Waals surface area contributed by atoms with Crippen molar-refractivity contribution in [2.24, 2.45) is 5.41 Å². The van der Waals surface area contributed by atoms with Crippen molar-refractivity contribution in [1.29, 1.82) is 0 Å². The van der Waals surface area contributed by atoms with Crippen molar-refractivity contribution in [1.82, 2.24) is 0 Å². The summed E-state index contributed by atoms with van der Waals surface area (Å²) in [6, 6.07) is 1.80. The molecular formula is C14H14O4. The summed E-state index contributed by atoms with van der Waals surface area (Å²) in [5, 5.41) is 0. The fourth-order valence-electron chi connectivity index (χ4n) is 3.06. The van der Waals surface area contributed by atoms with Crippen LogP contribution < -0.4 is 0 Å². The number of hydrogen-bond donors (Lipinski definition) is 0. The van der Waals surface area contributed by atoms with Crippen molar-refractivity contribution < 1.29 is 18.7 Å². The molecule has 1 aliphatic heterocycles. The molecule has 0 unspecified atom stereocenters. The molecule has 18 heavy (non-hydrogen) atoms. The largest absolute Gasteiger partial charge is 0.472 e. The molecule has 0 saturated carbocycles. The summed E-state index contributed by atoms with van der Waals surface area (Å²) < 4.78 is 10.5. The third-order valence-electron chi connectivity index (χ3n) is 4.09. The van der Waals surface area contributed by atoms with Gasteiger partial charge in [-0.05, 0) is 19.4 Å². The van der Waals surface area contributed by atoms with Crippen LogP contribution in [-0.2, 0) is 14.3 Å². The van der Waals surface area contributed by atoms with Gasteiger partial charge in [0.25, 0.3) is 0 Å². The molecular weight excluding hydrogens is 232 g/mol. The quantitative estimate of drug-likeness (QED) is 0.714. The predicted molar refractivity (Wildman–Crippen MR) is 62.6 cm³/mol. The summed E-state index contributed by atoms with van der Waals surface area (Å²) in [5.41, 5.74) is 1.53. The van der Waals surface area contributed by atoms with Crippen LogP contribution in [0.25, 0.3) is 0 Å². The van der Waals surface area contributed by atoms with Gasteiger partial charge in [0, 0.05) is 23.0 Å². The number of Topliss-reactive ketones (excluding diaryl/α,β-unsaturated/α-hetero) is 1. The van der Waals surface area contributed by atoms with Crippen molar-refractivity contribution in [2.45, 2.75) is 32.8 Å². The molecule has 4 heteroatoms. The lowest BCUT2D eigenvalue weighted by molar-refractivity contribution is -0.140. The highest BCUT2D eigenvalue weighted by atomic mass is 16.6. The average Bonchev–Trinajstić information content (AvgIpc) is 2.92. The van der Waals surface area contributed by atoms with E-state index in [-0.39, 0.29) is 17.9 Å². The zero-order chi connectivity index (χ0) is 12.9. The van der Waals surface area contributed by atoms with Gasteiger partial charge >= 0.3 is 5.97 Å². The van der Waals surface area contributed by atoms with E-state index in [9.17, 15) is 9.59 Å². The second kappa shape index (κ2) is 3.57. The first-order valence-electron chi connectivity index (χ1n) is 6.01. The van der Waals surface area contributed by atoms with E-state index in [2.05, 4.69) is 0 Å². The Morgan fingerprint density at radius 2 is 2.17 bits per heavy atom. The smallest absolute Gasteiger partial charge is 0.335 e. The minimum Gasteiger partial charge on any atom is -0.472 e. The second-order valence-corrected chi connectivity index (χ2v) is 5.18. The van der Waals surface area contributed by atoms with Crippen LogP contribution in [0.4, 0.5) is 0 Å². The Hall–Kier alpha value is -1.84. The van der Waals surface area contributed by atoms with E-state index < -0.39 is 5.41 Å². The summed E-state index contributed by atoms with van der Waals surface area (Å²) in [7, 11) is 0. The summed E-state index contributed by atoms with van der Waals surface area (Å²) >= 11 is 0. The third kappa shape index (κ3) is 1.32. The standard InChI is InChI=1S/C14H14O4/c1-8-10(15)3-5-14(2)11(8)13(16)18-12(14)9-4-6-17-7-9/h4,6-7,12H,3,5H2,1-2H3/t12-,14-/m0/s1. The lowest BCUT2D eigenvalue weighted by Gasteiger charge is -2.32. The predicted octanol–water partition coefficient (Wildman–Crippen LogP) is 2.56. The fourth-order valence-corrected chi connectivity index (χ4v) is 3.06. The molecule has 4 nitrogen and oxygen atoms in total. The SMILES string of the molecule is CC1=C2C(=O)O[C@@H](c3ccoc3)[C@@]2(C)CCC1=O. The first-order chi connectivity index (χ1) is 8.54. The van der Waals surface area contributed by atoms with Crippen LogP contribution in [-0.4, -0.2) is 11.8 Å². The van der Waals surface area contributed by atoms with Gasteiger partial charge in [0.05, 0.1) is 18.1 Å². The van der Waals surface area contributed by atoms with Gasteiger partial charge in [-0.15, -0.1) is 0 Å². The van der Waals surface area contributed by atoms with Crippen molar-refractivity contribution in [3.05, 3.63) is 35.3 Å². The minimum atomic E-state index is -0.418. The van der Waals surface area contributed by atoms with Crippen LogP contribution in [0.1, 0.15) is 38.4 Å². The Labute approximate surface area is 105 Å². The number of ketones is 1. The van der Waals surface area contributed by atoms with Crippen LogP contribution in [0.2, 0.25) is 0 Å². The Morgan fingerprint density at radius 1 is 1.39 bits per heavy atom. The van der Waals surface area contributed by atoms with Crippen LogP contribution in [0.3, 0.4) is 0 Å². The van der Waals surface area contributed by atoms with Gasteiger partial charge in [0.2, 0.25) is 0 Å². The Kier molecular flexibility index (Phi) is 2.24. The van der Waals surface area contributed by atoms with Crippen molar-refractivity contribution in [3.63, 3.8) is 0 Å². The third-order valence-corrected chi connectivity index (χ3v) is 4.09. The highest BCUT2D eigenvalue weighted by Gasteiger charge is 2.54. The number of rotatable bonds is 1. The number of fused-ring (bicyclic) bond motifs is 1. The van der Waals surface area contributed by atoms with Gasteiger partial charge in [-0.1, -0.05) is 6.92 Å². The highest BCUT2D eigenvalue weighted by Crippen LogP contribution is 2.55. The molecule has 0 bridgehead atoms. The molecule has 2 heterocycles. The van der Waals surface area contributed by atoms with Crippen molar-refractivity contribution in [2.75, 3.05) is 0 Å². The number of allylic oxidation sites excluding steroid dienone is 1. The molecule has 2 aliphatic rings. The zero-order valence-electron chi connectivity index (χ0n) is 10.4. The molecule has 0 radical (unpaired) electrons. The highest BCUT2D eigenvalue weighted by molar-refractivity contribution is 6.06. The average molecular weight is 246 g/mol. The lowest BCUT2D eigenvalue weighted by atomic mass is 9.68. The number of carbonyl (C=O) groups is 2. The first-order valence-corrected chi connectivity index (χ1v) is 6.01. The number of esters is 1. The summed E-state index contributed by atoms with van der Waals surface area (Å²) in [5.74, 6) is -0.318. The van der Waals surface area contributed by atoms with Crippen LogP contribution in [0.5, 0.6) is 0 Å². The van der Waals surface area contributed by atoms with Gasteiger partial charge in [-0.3, -0.25) is 4.79 Å². The molecule has 0 aromatic carbocycles. The maximum Gasteiger partial charge on any atom is 0.335 e. The number of carbonyl (C=O) groups excluding carboxylic acids is 2. The molecule has 0 N–H and O–H groups in total. The topological polar surface area (TPSA) is 56.5 Å². The second-order valence-electron chi connectivity index (χ2n) is 5.18. The molecule has 0 amide bonds. The molecule has 1 aliphatic carbocycles. The summed E-state index contributed by atoms with van der Waals surface area (Å²) in [6.07, 6.45) is 3.92. The molecule has 1 saturated heterocycles. The lowest BCUT2D eigenvalue weighted by Crippen LogP contribution is -2.29. The van der Waals surface area contributed by atoms with E-state index in [0.29, 0.717) is 24.0 Å². The van der Waals surface area contributed by atoms with Crippen LogP contribution in [0.15, 0.2) is 34.2 Å². The van der Waals surface area contributed by atoms with E-state index in [4.69, 9.17) is 9.15 Å². The molecule has 2 atom stereocenters. The number of ether oxygens (including phenoxy) is 1. The van der Waals surface area contributed by atoms with E-state index in [1.807, 2.05) is 6.92 Å². The van der Waals surface area contributed by atoms with Gasteiger partial charge < -0.3 is 9.15 Å². The maximum absolute atomic E-state index is 12.0. The summed E-state index contributed by atoms with van der Waals surface area (Å²) in [4.78, 5) is 23.7. The van der Waals surface area contributed by atoms with Crippen LogP contribution >= 0.6 is 0 Å². The fraction of sp³-hybridized carbons (Fsp3) is 0.429. The number of cyclic esters (lactones) is 1. The monoisotopic (exact) mass is 246 g/mol. The molecule has 3 rings (SSSR count). The Morgan fingerprint density at radius 3 is 2.83 bits per heavy atom. The van der Waals surface area contributed by atoms with E-state index in [1.54, 1.807) is 25.5 Å². The Bertz CT molecular complexity index is 552. The van der Waals surface area contributed by atoms with Gasteiger partial charge in [0.1, 0.15) is 6.10 Å².